The molecule has 0 saturated carbocycles. The molecule has 3 rings (SSSR count). The van der Waals surface area contributed by atoms with Gasteiger partial charge in [0.25, 0.3) is 0 Å². The van der Waals surface area contributed by atoms with Crippen LogP contribution in [0.5, 0.6) is 0 Å². The van der Waals surface area contributed by atoms with Crippen LogP contribution in [0.25, 0.3) is 0 Å². The number of nitrogens with zero attached hydrogens (tertiary/aromatic N) is 1. The van der Waals surface area contributed by atoms with Gasteiger partial charge in [0.05, 0.1) is 5.75 Å². The molecule has 196 valence electrons. The number of halogens is 3. The summed E-state index contributed by atoms with van der Waals surface area (Å²) in [5.74, 6) is 0.362. The van der Waals surface area contributed by atoms with E-state index in [-0.39, 0.29) is 30.2 Å². The third kappa shape index (κ3) is 8.96. The summed E-state index contributed by atoms with van der Waals surface area (Å²) in [4.78, 5) is 28.9. The fourth-order valence-electron chi connectivity index (χ4n) is 3.78. The lowest BCUT2D eigenvalue weighted by atomic mass is 10.0. The highest BCUT2D eigenvalue weighted by Crippen LogP contribution is 2.28. The van der Waals surface area contributed by atoms with E-state index in [1.807, 2.05) is 56.3 Å². The first-order valence-corrected chi connectivity index (χ1v) is 14.5. The summed E-state index contributed by atoms with van der Waals surface area (Å²) in [5.41, 5.74) is 2.67. The van der Waals surface area contributed by atoms with Crippen molar-refractivity contribution in [2.75, 3.05) is 5.75 Å². The lowest BCUT2D eigenvalue weighted by Crippen LogP contribution is -2.52. The molecule has 3 aromatic carbocycles. The molecule has 0 aliphatic heterocycles. The van der Waals surface area contributed by atoms with Gasteiger partial charge in [0.1, 0.15) is 6.04 Å². The zero-order valence-corrected chi connectivity index (χ0v) is 24.0. The fourth-order valence-corrected chi connectivity index (χ4v) is 5.55. The van der Waals surface area contributed by atoms with Crippen LogP contribution in [-0.2, 0) is 28.3 Å². The number of thioether (sulfide) groups is 1. The number of hydrogen-bond acceptors (Lipinski definition) is 3. The molecule has 2 amide bonds. The van der Waals surface area contributed by atoms with Gasteiger partial charge in [-0.1, -0.05) is 90.3 Å². The minimum Gasteiger partial charge on any atom is -0.352 e. The molecule has 4 nitrogen and oxygen atoms in total. The van der Waals surface area contributed by atoms with Crippen LogP contribution in [0.3, 0.4) is 0 Å². The second-order valence-corrected chi connectivity index (χ2v) is 11.1. The molecule has 0 bridgehead atoms. The Balaban J connectivity index is 1.87. The van der Waals surface area contributed by atoms with Gasteiger partial charge in [-0.2, -0.15) is 0 Å². The number of amides is 2. The Labute approximate surface area is 238 Å². The first-order valence-electron chi connectivity index (χ1n) is 12.2. The van der Waals surface area contributed by atoms with Crippen molar-refractivity contribution in [3.8, 4) is 0 Å². The SMILES string of the molecule is CCC(C)NC(=O)C(Cc1ccccc1)N(Cc1ccc(Cl)cc1)C(=O)CSCc1c(Cl)cccc1Cl. The van der Waals surface area contributed by atoms with Gasteiger partial charge in [0.15, 0.2) is 0 Å². The van der Waals surface area contributed by atoms with Gasteiger partial charge < -0.3 is 10.2 Å². The van der Waals surface area contributed by atoms with E-state index in [9.17, 15) is 9.59 Å². The molecule has 37 heavy (non-hydrogen) atoms. The highest BCUT2D eigenvalue weighted by atomic mass is 35.5. The molecule has 0 saturated heterocycles. The zero-order valence-electron chi connectivity index (χ0n) is 20.9. The first kappa shape index (κ1) is 29.4. The summed E-state index contributed by atoms with van der Waals surface area (Å²) in [7, 11) is 0. The average molecular weight is 578 g/mol. The third-order valence-corrected chi connectivity index (χ3v) is 7.98. The van der Waals surface area contributed by atoms with E-state index < -0.39 is 6.04 Å². The highest BCUT2D eigenvalue weighted by Gasteiger charge is 2.31. The fraction of sp³-hybridized carbons (Fsp3) is 0.310. The van der Waals surface area contributed by atoms with Crippen LogP contribution in [0.4, 0.5) is 0 Å². The Morgan fingerprint density at radius 3 is 2.16 bits per heavy atom. The van der Waals surface area contributed by atoms with Crippen molar-refractivity contribution >= 4 is 58.4 Å². The van der Waals surface area contributed by atoms with Crippen molar-refractivity contribution in [3.63, 3.8) is 0 Å². The van der Waals surface area contributed by atoms with Crippen molar-refractivity contribution < 1.29 is 9.59 Å². The largest absolute Gasteiger partial charge is 0.352 e. The molecule has 0 aliphatic carbocycles. The standard InChI is InChI=1S/C29H31Cl3N2O2S/c1-3-20(2)33-29(36)27(16-21-8-5-4-6-9-21)34(17-22-12-14-23(30)15-13-22)28(35)19-37-18-24-25(31)10-7-11-26(24)32/h4-15,20,27H,3,16-19H2,1-2H3,(H,33,36). The molecule has 0 fully saturated rings. The van der Waals surface area contributed by atoms with Gasteiger partial charge in [0.2, 0.25) is 11.8 Å². The van der Waals surface area contributed by atoms with Crippen LogP contribution in [0.2, 0.25) is 15.1 Å². The summed E-state index contributed by atoms with van der Waals surface area (Å²) in [6.45, 7) is 4.27. The molecule has 1 N–H and O–H groups in total. The smallest absolute Gasteiger partial charge is 0.243 e. The number of benzene rings is 3. The second kappa shape index (κ2) is 14.7. The molecule has 0 radical (unpaired) electrons. The lowest BCUT2D eigenvalue weighted by Gasteiger charge is -2.32. The predicted molar refractivity (Wildman–Crippen MR) is 156 cm³/mol. The maximum atomic E-state index is 13.7. The number of rotatable bonds is 12. The molecule has 3 aromatic rings. The minimum atomic E-state index is -0.677. The van der Waals surface area contributed by atoms with Crippen LogP contribution < -0.4 is 5.32 Å². The van der Waals surface area contributed by atoms with Crippen LogP contribution in [-0.4, -0.2) is 34.6 Å². The van der Waals surface area contributed by atoms with E-state index in [0.29, 0.717) is 27.2 Å². The average Bonchev–Trinajstić information content (AvgIpc) is 2.89. The van der Waals surface area contributed by atoms with E-state index in [4.69, 9.17) is 34.8 Å². The summed E-state index contributed by atoms with van der Waals surface area (Å²) < 4.78 is 0. The molecule has 0 spiro atoms. The van der Waals surface area contributed by atoms with Crippen LogP contribution >= 0.6 is 46.6 Å². The van der Waals surface area contributed by atoms with Crippen molar-refractivity contribution in [1.29, 1.82) is 0 Å². The van der Waals surface area contributed by atoms with E-state index in [1.165, 1.54) is 11.8 Å². The third-order valence-electron chi connectivity index (χ3n) is 6.07. The maximum Gasteiger partial charge on any atom is 0.243 e. The van der Waals surface area contributed by atoms with Gasteiger partial charge in [-0.3, -0.25) is 9.59 Å². The second-order valence-electron chi connectivity index (χ2n) is 8.86. The Morgan fingerprint density at radius 2 is 1.54 bits per heavy atom. The number of hydrogen-bond donors (Lipinski definition) is 1. The molecule has 8 heteroatoms. The van der Waals surface area contributed by atoms with E-state index in [1.54, 1.807) is 35.2 Å². The maximum absolute atomic E-state index is 13.7. The van der Waals surface area contributed by atoms with Gasteiger partial charge in [-0.15, -0.1) is 11.8 Å². The summed E-state index contributed by atoms with van der Waals surface area (Å²) in [6.07, 6.45) is 1.20. The normalized spacial score (nSPS) is 12.6. The van der Waals surface area contributed by atoms with Crippen molar-refractivity contribution in [2.24, 2.45) is 0 Å². The van der Waals surface area contributed by atoms with Crippen molar-refractivity contribution in [1.82, 2.24) is 10.2 Å². The summed E-state index contributed by atoms with van der Waals surface area (Å²) in [5, 5.41) is 4.84. The molecule has 0 aliphatic rings. The Hall–Kier alpha value is -2.18. The van der Waals surface area contributed by atoms with Gasteiger partial charge >= 0.3 is 0 Å². The molecular weight excluding hydrogens is 547 g/mol. The lowest BCUT2D eigenvalue weighted by molar-refractivity contribution is -0.139. The van der Waals surface area contributed by atoms with Crippen molar-refractivity contribution in [3.05, 3.63) is 105 Å². The number of nitrogens with one attached hydrogen (secondary N) is 1. The van der Waals surface area contributed by atoms with E-state index >= 15 is 0 Å². The minimum absolute atomic E-state index is 0.00463. The van der Waals surface area contributed by atoms with E-state index in [0.717, 1.165) is 23.1 Å². The van der Waals surface area contributed by atoms with Crippen LogP contribution in [0, 0.1) is 0 Å². The molecule has 0 aromatic heterocycles. The Morgan fingerprint density at radius 1 is 0.892 bits per heavy atom. The van der Waals surface area contributed by atoms with Crippen molar-refractivity contribution in [2.45, 2.75) is 51.1 Å². The van der Waals surface area contributed by atoms with E-state index in [2.05, 4.69) is 5.32 Å². The Bertz CT molecular complexity index is 1160. The topological polar surface area (TPSA) is 49.4 Å². The van der Waals surface area contributed by atoms with Gasteiger partial charge in [0, 0.05) is 39.8 Å². The predicted octanol–water partition coefficient (Wildman–Crippen LogP) is 7.43. The molecule has 2 atom stereocenters. The van der Waals surface area contributed by atoms with Crippen LogP contribution in [0.1, 0.15) is 37.0 Å². The highest BCUT2D eigenvalue weighted by molar-refractivity contribution is 7.99. The summed E-state index contributed by atoms with van der Waals surface area (Å²) in [6, 6.07) is 21.8. The quantitative estimate of drug-likeness (QED) is 0.243. The molecule has 2 unspecified atom stereocenters. The van der Waals surface area contributed by atoms with Gasteiger partial charge in [-0.05, 0) is 54.3 Å². The molecular formula is C29H31Cl3N2O2S. The van der Waals surface area contributed by atoms with Crippen LogP contribution in [0.15, 0.2) is 72.8 Å². The van der Waals surface area contributed by atoms with Gasteiger partial charge in [-0.25, -0.2) is 0 Å². The summed E-state index contributed by atoms with van der Waals surface area (Å²) >= 11 is 20.1. The molecule has 0 heterocycles. The number of carbonyl (C=O) groups excluding carboxylic acids is 2. The zero-order chi connectivity index (χ0) is 26.8. The first-order chi connectivity index (χ1) is 17.8. The monoisotopic (exact) mass is 576 g/mol. The Kier molecular flexibility index (Phi) is 11.7. The number of carbonyl (C=O) groups is 2.